The van der Waals surface area contributed by atoms with Gasteiger partial charge in [-0.2, -0.15) is 0 Å². The first-order valence-electron chi connectivity index (χ1n) is 5.90. The summed E-state index contributed by atoms with van der Waals surface area (Å²) in [6.45, 7) is 4.52. The molecule has 17 heavy (non-hydrogen) atoms. The van der Waals surface area contributed by atoms with Gasteiger partial charge in [-0.3, -0.25) is 0 Å². The van der Waals surface area contributed by atoms with Gasteiger partial charge < -0.3 is 19.9 Å². The highest BCUT2D eigenvalue weighted by Crippen LogP contribution is 2.43. The molecule has 0 fully saturated rings. The lowest BCUT2D eigenvalue weighted by Crippen LogP contribution is -2.18. The van der Waals surface area contributed by atoms with Gasteiger partial charge in [0.1, 0.15) is 0 Å². The molecule has 0 saturated heterocycles. The number of hydrogen-bond acceptors (Lipinski definition) is 4. The van der Waals surface area contributed by atoms with Crippen LogP contribution in [-0.4, -0.2) is 13.9 Å². The summed E-state index contributed by atoms with van der Waals surface area (Å²) in [4.78, 5) is 0. The zero-order chi connectivity index (χ0) is 12.4. The Bertz CT molecular complexity index is 406. The van der Waals surface area contributed by atoms with E-state index in [2.05, 4.69) is 13.8 Å². The average molecular weight is 237 g/mol. The molecule has 2 N–H and O–H groups in total. The monoisotopic (exact) mass is 237 g/mol. The standard InChI is InChI=1S/C13H19NO3/c1-4-8(2)12(14)9-5-10(15-3)13-11(6-9)16-7-17-13/h5-6,8,12H,4,7,14H2,1-3H3/t8?,12-/m1/s1. The third kappa shape index (κ3) is 2.17. The molecule has 1 heterocycles. The molecule has 0 aromatic heterocycles. The lowest BCUT2D eigenvalue weighted by atomic mass is 9.93. The molecule has 0 aliphatic carbocycles. The third-order valence-electron chi connectivity index (χ3n) is 3.32. The Kier molecular flexibility index (Phi) is 3.43. The molecular weight excluding hydrogens is 218 g/mol. The first-order valence-corrected chi connectivity index (χ1v) is 5.90. The van der Waals surface area contributed by atoms with Crippen molar-refractivity contribution in [2.45, 2.75) is 26.3 Å². The molecule has 94 valence electrons. The van der Waals surface area contributed by atoms with Crippen molar-refractivity contribution < 1.29 is 14.2 Å². The van der Waals surface area contributed by atoms with E-state index in [9.17, 15) is 0 Å². The molecule has 2 atom stereocenters. The van der Waals surface area contributed by atoms with Gasteiger partial charge in [0.15, 0.2) is 11.5 Å². The highest BCUT2D eigenvalue weighted by molar-refractivity contribution is 5.55. The predicted molar refractivity (Wildman–Crippen MR) is 65.5 cm³/mol. The first kappa shape index (κ1) is 12.0. The zero-order valence-electron chi connectivity index (χ0n) is 10.5. The Hall–Kier alpha value is -1.42. The lowest BCUT2D eigenvalue weighted by Gasteiger charge is -2.19. The maximum atomic E-state index is 6.21. The second-order valence-electron chi connectivity index (χ2n) is 4.37. The Morgan fingerprint density at radius 1 is 1.41 bits per heavy atom. The van der Waals surface area contributed by atoms with E-state index in [0.29, 0.717) is 17.4 Å². The summed E-state index contributed by atoms with van der Waals surface area (Å²) >= 11 is 0. The van der Waals surface area contributed by atoms with E-state index in [-0.39, 0.29) is 12.8 Å². The van der Waals surface area contributed by atoms with Gasteiger partial charge in [0.25, 0.3) is 0 Å². The van der Waals surface area contributed by atoms with Crippen molar-refractivity contribution >= 4 is 0 Å². The molecule has 4 heteroatoms. The van der Waals surface area contributed by atoms with E-state index < -0.39 is 0 Å². The van der Waals surface area contributed by atoms with Gasteiger partial charge in [0.2, 0.25) is 12.5 Å². The smallest absolute Gasteiger partial charge is 0.231 e. The summed E-state index contributed by atoms with van der Waals surface area (Å²) in [7, 11) is 1.62. The molecule has 2 rings (SSSR count). The minimum absolute atomic E-state index is 0.0107. The van der Waals surface area contributed by atoms with Crippen LogP contribution in [-0.2, 0) is 0 Å². The van der Waals surface area contributed by atoms with E-state index in [1.807, 2.05) is 12.1 Å². The summed E-state index contributed by atoms with van der Waals surface area (Å²) < 4.78 is 16.0. The van der Waals surface area contributed by atoms with Crippen molar-refractivity contribution in [3.8, 4) is 17.2 Å². The summed E-state index contributed by atoms with van der Waals surface area (Å²) in [5, 5.41) is 0. The van der Waals surface area contributed by atoms with Gasteiger partial charge in [-0.1, -0.05) is 20.3 Å². The Morgan fingerprint density at radius 2 is 2.18 bits per heavy atom. The van der Waals surface area contributed by atoms with Gasteiger partial charge in [0.05, 0.1) is 7.11 Å². The number of rotatable bonds is 4. The van der Waals surface area contributed by atoms with Crippen molar-refractivity contribution in [2.24, 2.45) is 11.7 Å². The van der Waals surface area contributed by atoms with Crippen LogP contribution in [0.2, 0.25) is 0 Å². The average Bonchev–Trinajstić information content (AvgIpc) is 2.83. The number of ether oxygens (including phenoxy) is 3. The SMILES string of the molecule is CCC(C)[C@@H](N)c1cc(OC)c2c(c1)OCO2. The molecule has 1 aromatic carbocycles. The molecule has 1 unspecified atom stereocenters. The number of hydrogen-bond donors (Lipinski definition) is 1. The van der Waals surface area contributed by atoms with Crippen molar-refractivity contribution in [3.63, 3.8) is 0 Å². The fourth-order valence-corrected chi connectivity index (χ4v) is 1.92. The van der Waals surface area contributed by atoms with Crippen LogP contribution in [0.5, 0.6) is 17.2 Å². The summed E-state index contributed by atoms with van der Waals surface area (Å²) in [5.74, 6) is 2.50. The van der Waals surface area contributed by atoms with Gasteiger partial charge in [0, 0.05) is 6.04 Å². The molecule has 0 saturated carbocycles. The first-order chi connectivity index (χ1) is 8.17. The minimum Gasteiger partial charge on any atom is -0.493 e. The lowest BCUT2D eigenvalue weighted by molar-refractivity contribution is 0.171. The van der Waals surface area contributed by atoms with Crippen LogP contribution in [0, 0.1) is 5.92 Å². The Morgan fingerprint density at radius 3 is 2.82 bits per heavy atom. The molecule has 0 bridgehead atoms. The molecule has 4 nitrogen and oxygen atoms in total. The van der Waals surface area contributed by atoms with Gasteiger partial charge in [-0.05, 0) is 23.6 Å². The maximum Gasteiger partial charge on any atom is 0.231 e. The molecular formula is C13H19NO3. The quantitative estimate of drug-likeness (QED) is 0.874. The molecule has 1 aliphatic rings. The molecule has 0 spiro atoms. The number of fused-ring (bicyclic) bond motifs is 1. The zero-order valence-corrected chi connectivity index (χ0v) is 10.5. The fourth-order valence-electron chi connectivity index (χ4n) is 1.92. The minimum atomic E-state index is -0.0107. The van der Waals surface area contributed by atoms with Crippen LogP contribution in [0.1, 0.15) is 31.9 Å². The van der Waals surface area contributed by atoms with E-state index >= 15 is 0 Å². The van der Waals surface area contributed by atoms with Crippen LogP contribution < -0.4 is 19.9 Å². The summed E-state index contributed by atoms with van der Waals surface area (Å²) in [6, 6.07) is 3.87. The van der Waals surface area contributed by atoms with Crippen LogP contribution in [0.25, 0.3) is 0 Å². The highest BCUT2D eigenvalue weighted by Gasteiger charge is 2.23. The van der Waals surface area contributed by atoms with Gasteiger partial charge >= 0.3 is 0 Å². The van der Waals surface area contributed by atoms with Crippen LogP contribution >= 0.6 is 0 Å². The van der Waals surface area contributed by atoms with Gasteiger partial charge in [-0.15, -0.1) is 0 Å². The van der Waals surface area contributed by atoms with Crippen molar-refractivity contribution in [1.82, 2.24) is 0 Å². The molecule has 1 aliphatic heterocycles. The van der Waals surface area contributed by atoms with Crippen molar-refractivity contribution in [1.29, 1.82) is 0 Å². The topological polar surface area (TPSA) is 53.7 Å². The fraction of sp³-hybridized carbons (Fsp3) is 0.538. The normalized spacial score (nSPS) is 16.7. The highest BCUT2D eigenvalue weighted by atomic mass is 16.7. The van der Waals surface area contributed by atoms with Crippen LogP contribution in [0.4, 0.5) is 0 Å². The van der Waals surface area contributed by atoms with Crippen molar-refractivity contribution in [3.05, 3.63) is 17.7 Å². The number of benzene rings is 1. The van der Waals surface area contributed by atoms with Gasteiger partial charge in [-0.25, -0.2) is 0 Å². The number of methoxy groups -OCH3 is 1. The second-order valence-corrected chi connectivity index (χ2v) is 4.37. The Labute approximate surface area is 102 Å². The molecule has 0 amide bonds. The maximum absolute atomic E-state index is 6.21. The van der Waals surface area contributed by atoms with Crippen LogP contribution in [0.15, 0.2) is 12.1 Å². The largest absolute Gasteiger partial charge is 0.493 e. The predicted octanol–water partition coefficient (Wildman–Crippen LogP) is 2.47. The third-order valence-corrected chi connectivity index (χ3v) is 3.32. The second kappa shape index (κ2) is 4.84. The number of nitrogens with two attached hydrogens (primary N) is 1. The van der Waals surface area contributed by atoms with E-state index in [1.165, 1.54) is 0 Å². The molecule has 0 radical (unpaired) electrons. The van der Waals surface area contributed by atoms with Crippen LogP contribution in [0.3, 0.4) is 0 Å². The summed E-state index contributed by atoms with van der Waals surface area (Å²) in [5.41, 5.74) is 7.24. The summed E-state index contributed by atoms with van der Waals surface area (Å²) in [6.07, 6.45) is 1.04. The van der Waals surface area contributed by atoms with E-state index in [1.54, 1.807) is 7.11 Å². The van der Waals surface area contributed by atoms with E-state index in [4.69, 9.17) is 19.9 Å². The van der Waals surface area contributed by atoms with E-state index in [0.717, 1.165) is 17.7 Å². The van der Waals surface area contributed by atoms with Crippen molar-refractivity contribution in [2.75, 3.05) is 13.9 Å². The Balaban J connectivity index is 2.36. The molecule has 1 aromatic rings.